The zero-order valence-electron chi connectivity index (χ0n) is 55.8. The number of esters is 3. The smallest absolute Gasteiger partial charge is 0.306 e. The van der Waals surface area contributed by atoms with Crippen LogP contribution in [0.1, 0.15) is 425 Å². The Kier molecular flexibility index (Phi) is 69.5. The van der Waals surface area contributed by atoms with E-state index in [1.807, 2.05) is 0 Å². The first-order valence-electron chi connectivity index (χ1n) is 37.3. The second-order valence-corrected chi connectivity index (χ2v) is 25.6. The first kappa shape index (κ1) is 79.9. The molecule has 6 heteroatoms. The summed E-state index contributed by atoms with van der Waals surface area (Å²) in [6.45, 7) is 6.67. The fraction of sp³-hybridized carbons (Fsp3) is 0.908. The van der Waals surface area contributed by atoms with Crippen LogP contribution in [0.5, 0.6) is 0 Å². The molecule has 0 rings (SSSR count). The number of rotatable bonds is 70. The summed E-state index contributed by atoms with van der Waals surface area (Å²) >= 11 is 0. The van der Waals surface area contributed by atoms with Gasteiger partial charge in [-0.25, -0.2) is 0 Å². The number of carbonyl (C=O) groups is 3. The standard InChI is InChI=1S/C76H144O6/c1-4-7-10-13-16-18-20-22-24-26-28-30-32-33-34-35-36-37-38-39-40-41-42-43-44-46-47-49-51-53-55-57-60-63-66-69-75(78)81-72-73(71-80-74(77)68-65-62-59-15-12-9-6-3)82-76(79)70-67-64-61-58-56-54-52-50-48-45-31-29-27-25-23-21-19-17-14-11-8-5-2/h20,22,26,28,73H,4-19,21,23-25,27,29-72H2,1-3H3/b22-20-,28-26-. The minimum Gasteiger partial charge on any atom is -0.462 e. The third-order valence-electron chi connectivity index (χ3n) is 17.2. The van der Waals surface area contributed by atoms with E-state index in [9.17, 15) is 14.4 Å². The molecule has 6 nitrogen and oxygen atoms in total. The van der Waals surface area contributed by atoms with Crippen molar-refractivity contribution in [2.75, 3.05) is 13.2 Å². The predicted molar refractivity (Wildman–Crippen MR) is 358 cm³/mol. The highest BCUT2D eigenvalue weighted by Gasteiger charge is 2.20. The molecule has 0 aliphatic rings. The van der Waals surface area contributed by atoms with E-state index in [0.29, 0.717) is 19.3 Å². The van der Waals surface area contributed by atoms with Crippen LogP contribution >= 0.6 is 0 Å². The number of allylic oxidation sites excluding steroid dienone is 4. The summed E-state index contributed by atoms with van der Waals surface area (Å²) in [4.78, 5) is 38.2. The minimum atomic E-state index is -0.764. The zero-order valence-corrected chi connectivity index (χ0v) is 55.8. The second kappa shape index (κ2) is 71.4. The van der Waals surface area contributed by atoms with Crippen LogP contribution in [0.25, 0.3) is 0 Å². The molecule has 0 aromatic carbocycles. The highest BCUT2D eigenvalue weighted by Crippen LogP contribution is 2.19. The van der Waals surface area contributed by atoms with Gasteiger partial charge in [-0.3, -0.25) is 14.4 Å². The summed E-state index contributed by atoms with van der Waals surface area (Å²) in [5, 5.41) is 0. The van der Waals surface area contributed by atoms with Crippen molar-refractivity contribution in [2.45, 2.75) is 431 Å². The first-order chi connectivity index (χ1) is 40.5. The van der Waals surface area contributed by atoms with E-state index >= 15 is 0 Å². The van der Waals surface area contributed by atoms with E-state index in [0.717, 1.165) is 64.2 Å². The van der Waals surface area contributed by atoms with Crippen molar-refractivity contribution in [1.82, 2.24) is 0 Å². The van der Waals surface area contributed by atoms with Crippen LogP contribution in [-0.4, -0.2) is 37.2 Å². The lowest BCUT2D eigenvalue weighted by atomic mass is 10.0. The van der Waals surface area contributed by atoms with Gasteiger partial charge in [0.1, 0.15) is 13.2 Å². The van der Waals surface area contributed by atoms with Gasteiger partial charge in [0.05, 0.1) is 0 Å². The van der Waals surface area contributed by atoms with Crippen molar-refractivity contribution in [1.29, 1.82) is 0 Å². The zero-order chi connectivity index (χ0) is 59.2. The molecule has 0 aromatic rings. The lowest BCUT2D eigenvalue weighted by molar-refractivity contribution is -0.167. The Morgan fingerprint density at radius 1 is 0.244 bits per heavy atom. The van der Waals surface area contributed by atoms with Crippen molar-refractivity contribution in [3.05, 3.63) is 24.3 Å². The van der Waals surface area contributed by atoms with Crippen LogP contribution in [0.15, 0.2) is 24.3 Å². The lowest BCUT2D eigenvalue weighted by Gasteiger charge is -2.18. The molecule has 0 heterocycles. The van der Waals surface area contributed by atoms with Crippen LogP contribution in [0, 0.1) is 0 Å². The molecule has 0 saturated heterocycles. The monoisotopic (exact) mass is 1150 g/mol. The number of carbonyl (C=O) groups excluding carboxylic acids is 3. The van der Waals surface area contributed by atoms with Crippen LogP contribution in [0.2, 0.25) is 0 Å². The van der Waals surface area contributed by atoms with Gasteiger partial charge in [-0.05, 0) is 51.4 Å². The minimum absolute atomic E-state index is 0.0633. The third-order valence-corrected chi connectivity index (χ3v) is 17.2. The fourth-order valence-corrected chi connectivity index (χ4v) is 11.6. The second-order valence-electron chi connectivity index (χ2n) is 25.6. The maximum atomic E-state index is 12.9. The maximum absolute atomic E-state index is 12.9. The SMILES string of the molecule is CCCCCCC/C=C\C/C=C\CCCCCCCCCCCCCCCCCCCCCCCCCC(=O)OCC(COC(=O)CCCCCCCCC)OC(=O)CCCCCCCCCCCCCCCCCCCCCCCC. The van der Waals surface area contributed by atoms with Crippen LogP contribution in [0.4, 0.5) is 0 Å². The van der Waals surface area contributed by atoms with Gasteiger partial charge in [0.2, 0.25) is 0 Å². The molecule has 0 bridgehead atoms. The molecule has 0 saturated carbocycles. The summed E-state index contributed by atoms with van der Waals surface area (Å²) in [5.41, 5.74) is 0. The Morgan fingerprint density at radius 2 is 0.439 bits per heavy atom. The molecule has 0 aliphatic carbocycles. The fourth-order valence-electron chi connectivity index (χ4n) is 11.6. The van der Waals surface area contributed by atoms with Crippen molar-refractivity contribution < 1.29 is 28.6 Å². The summed E-state index contributed by atoms with van der Waals surface area (Å²) in [7, 11) is 0. The molecule has 0 aromatic heterocycles. The van der Waals surface area contributed by atoms with Gasteiger partial charge in [-0.1, -0.05) is 379 Å². The van der Waals surface area contributed by atoms with E-state index in [1.165, 1.54) is 321 Å². The van der Waals surface area contributed by atoms with Crippen LogP contribution in [0.3, 0.4) is 0 Å². The molecular weight excluding hydrogens is 1010 g/mol. The lowest BCUT2D eigenvalue weighted by Crippen LogP contribution is -2.30. The molecule has 0 spiro atoms. The van der Waals surface area contributed by atoms with Crippen molar-refractivity contribution in [3.8, 4) is 0 Å². The quantitative estimate of drug-likeness (QED) is 0.0261. The molecule has 0 fully saturated rings. The van der Waals surface area contributed by atoms with E-state index in [2.05, 4.69) is 45.1 Å². The maximum Gasteiger partial charge on any atom is 0.306 e. The van der Waals surface area contributed by atoms with Gasteiger partial charge in [-0.15, -0.1) is 0 Å². The van der Waals surface area contributed by atoms with Gasteiger partial charge in [-0.2, -0.15) is 0 Å². The Bertz CT molecular complexity index is 1320. The van der Waals surface area contributed by atoms with Crippen LogP contribution in [-0.2, 0) is 28.6 Å². The molecule has 0 aliphatic heterocycles. The van der Waals surface area contributed by atoms with Crippen molar-refractivity contribution in [3.63, 3.8) is 0 Å². The number of ether oxygens (including phenoxy) is 3. The van der Waals surface area contributed by atoms with E-state index in [1.54, 1.807) is 0 Å². The van der Waals surface area contributed by atoms with Gasteiger partial charge in [0.25, 0.3) is 0 Å². The molecule has 484 valence electrons. The Hall–Kier alpha value is -2.11. The average molecular weight is 1150 g/mol. The summed E-state index contributed by atoms with van der Waals surface area (Å²) in [6, 6.07) is 0. The molecule has 82 heavy (non-hydrogen) atoms. The average Bonchev–Trinajstić information content (AvgIpc) is 3.48. The molecule has 1 atom stereocenters. The number of hydrogen-bond donors (Lipinski definition) is 0. The number of hydrogen-bond acceptors (Lipinski definition) is 6. The normalized spacial score (nSPS) is 12.1. The Morgan fingerprint density at radius 3 is 0.671 bits per heavy atom. The van der Waals surface area contributed by atoms with Crippen molar-refractivity contribution in [2.24, 2.45) is 0 Å². The van der Waals surface area contributed by atoms with Gasteiger partial charge < -0.3 is 14.2 Å². The third kappa shape index (κ3) is 68.7. The Balaban J connectivity index is 3.92. The van der Waals surface area contributed by atoms with E-state index in [-0.39, 0.29) is 31.1 Å². The van der Waals surface area contributed by atoms with Gasteiger partial charge >= 0.3 is 17.9 Å². The summed E-state index contributed by atoms with van der Waals surface area (Å²) < 4.78 is 16.9. The van der Waals surface area contributed by atoms with Crippen molar-refractivity contribution >= 4 is 17.9 Å². The highest BCUT2D eigenvalue weighted by atomic mass is 16.6. The summed E-state index contributed by atoms with van der Waals surface area (Å²) in [5.74, 6) is -0.837. The first-order valence-corrected chi connectivity index (χ1v) is 37.3. The number of unbranched alkanes of at least 4 members (excludes halogenated alkanes) is 55. The molecule has 1 unspecified atom stereocenters. The van der Waals surface area contributed by atoms with E-state index in [4.69, 9.17) is 14.2 Å². The topological polar surface area (TPSA) is 78.9 Å². The van der Waals surface area contributed by atoms with Gasteiger partial charge in [0.15, 0.2) is 6.10 Å². The molecule has 0 radical (unpaired) electrons. The Labute approximate surface area is 513 Å². The largest absolute Gasteiger partial charge is 0.462 e. The van der Waals surface area contributed by atoms with Gasteiger partial charge in [0, 0.05) is 19.3 Å². The predicted octanol–water partition coefficient (Wildman–Crippen LogP) is 25.7. The van der Waals surface area contributed by atoms with Crippen LogP contribution < -0.4 is 0 Å². The highest BCUT2D eigenvalue weighted by molar-refractivity contribution is 5.71. The molecule has 0 amide bonds. The summed E-state index contributed by atoms with van der Waals surface area (Å²) in [6.07, 6.45) is 88.4. The van der Waals surface area contributed by atoms with E-state index < -0.39 is 6.10 Å². The molecule has 0 N–H and O–H groups in total. The molecular formula is C76H144O6.